The Morgan fingerprint density at radius 2 is 1.94 bits per heavy atom. The number of ketones is 1. The highest BCUT2D eigenvalue weighted by molar-refractivity contribution is 5.98. The molecule has 0 unspecified atom stereocenters. The SMILES string of the molecule is COc1c(C(C)=O)ccc(C(F)(F)F)c1[N+](=O)[O-]. The quantitative estimate of drug-likeness (QED) is 0.477. The molecule has 0 saturated heterocycles. The van der Waals surface area contributed by atoms with Gasteiger partial charge in [-0.2, -0.15) is 13.2 Å². The van der Waals surface area contributed by atoms with Crippen molar-refractivity contribution in [3.05, 3.63) is 33.4 Å². The van der Waals surface area contributed by atoms with Crippen LogP contribution in [0, 0.1) is 10.1 Å². The molecule has 0 aromatic heterocycles. The zero-order valence-electron chi connectivity index (χ0n) is 9.37. The minimum Gasteiger partial charge on any atom is -0.490 e. The van der Waals surface area contributed by atoms with Gasteiger partial charge >= 0.3 is 11.9 Å². The minimum absolute atomic E-state index is 0.266. The first-order chi connectivity index (χ1) is 8.20. The van der Waals surface area contributed by atoms with Crippen molar-refractivity contribution in [3.63, 3.8) is 0 Å². The number of hydrogen-bond acceptors (Lipinski definition) is 4. The van der Waals surface area contributed by atoms with Crippen LogP contribution in [0.5, 0.6) is 5.75 Å². The number of nitro groups is 1. The lowest BCUT2D eigenvalue weighted by Gasteiger charge is -2.12. The second-order valence-corrected chi connectivity index (χ2v) is 3.35. The van der Waals surface area contributed by atoms with Gasteiger partial charge in [-0.1, -0.05) is 0 Å². The van der Waals surface area contributed by atoms with Crippen LogP contribution in [0.2, 0.25) is 0 Å². The number of methoxy groups -OCH3 is 1. The summed E-state index contributed by atoms with van der Waals surface area (Å²) in [6.45, 7) is 1.08. The number of nitro benzene ring substituents is 1. The van der Waals surface area contributed by atoms with E-state index in [1.54, 1.807) is 0 Å². The number of rotatable bonds is 3. The van der Waals surface area contributed by atoms with Gasteiger partial charge in [0.05, 0.1) is 17.6 Å². The van der Waals surface area contributed by atoms with E-state index >= 15 is 0 Å². The Bertz CT molecular complexity index is 511. The molecule has 8 heteroatoms. The van der Waals surface area contributed by atoms with Crippen LogP contribution in [-0.4, -0.2) is 17.8 Å². The fraction of sp³-hybridized carbons (Fsp3) is 0.300. The molecule has 0 heterocycles. The van der Waals surface area contributed by atoms with Crippen molar-refractivity contribution in [3.8, 4) is 5.75 Å². The van der Waals surface area contributed by atoms with Crippen molar-refractivity contribution >= 4 is 11.5 Å². The first kappa shape index (κ1) is 13.9. The van der Waals surface area contributed by atoms with E-state index in [9.17, 15) is 28.1 Å². The van der Waals surface area contributed by atoms with Crippen LogP contribution in [0.3, 0.4) is 0 Å². The van der Waals surface area contributed by atoms with Crippen LogP contribution in [-0.2, 0) is 6.18 Å². The average molecular weight is 263 g/mol. The normalized spacial score (nSPS) is 11.2. The molecule has 1 aromatic carbocycles. The fourth-order valence-electron chi connectivity index (χ4n) is 1.47. The minimum atomic E-state index is -4.90. The van der Waals surface area contributed by atoms with Gasteiger partial charge in [0.15, 0.2) is 5.78 Å². The maximum atomic E-state index is 12.6. The molecule has 1 rings (SSSR count). The summed E-state index contributed by atoms with van der Waals surface area (Å²) in [5, 5.41) is 10.7. The Kier molecular flexibility index (Phi) is 3.59. The lowest BCUT2D eigenvalue weighted by atomic mass is 10.0. The average Bonchev–Trinajstić information content (AvgIpc) is 2.25. The van der Waals surface area contributed by atoms with E-state index in [2.05, 4.69) is 4.74 Å². The van der Waals surface area contributed by atoms with Gasteiger partial charge in [-0.15, -0.1) is 0 Å². The summed E-state index contributed by atoms with van der Waals surface area (Å²) < 4.78 is 42.4. The van der Waals surface area contributed by atoms with Crippen molar-refractivity contribution in [1.29, 1.82) is 0 Å². The summed E-state index contributed by atoms with van der Waals surface area (Å²) in [7, 11) is 0.967. The van der Waals surface area contributed by atoms with Crippen molar-refractivity contribution in [2.75, 3.05) is 7.11 Å². The summed E-state index contributed by atoms with van der Waals surface area (Å²) in [4.78, 5) is 20.7. The highest BCUT2D eigenvalue weighted by Gasteiger charge is 2.41. The predicted molar refractivity (Wildman–Crippen MR) is 54.7 cm³/mol. The van der Waals surface area contributed by atoms with Crippen LogP contribution in [0.4, 0.5) is 18.9 Å². The zero-order valence-corrected chi connectivity index (χ0v) is 9.37. The number of halogens is 3. The molecule has 0 aliphatic rings. The predicted octanol–water partition coefficient (Wildman–Crippen LogP) is 2.82. The standard InChI is InChI=1S/C10H8F3NO4/c1-5(15)6-3-4-7(10(11,12)13)8(14(16)17)9(6)18-2/h3-4H,1-2H3. The summed E-state index contributed by atoms with van der Waals surface area (Å²) >= 11 is 0. The van der Waals surface area contributed by atoms with Crippen molar-refractivity contribution < 1.29 is 27.6 Å². The lowest BCUT2D eigenvalue weighted by Crippen LogP contribution is -2.12. The number of carbonyl (C=O) groups is 1. The topological polar surface area (TPSA) is 69.4 Å². The molecule has 5 nitrogen and oxygen atoms in total. The molecule has 0 radical (unpaired) electrons. The molecule has 0 fully saturated rings. The van der Waals surface area contributed by atoms with Crippen LogP contribution in [0.15, 0.2) is 12.1 Å². The summed E-state index contributed by atoms with van der Waals surface area (Å²) in [6, 6.07) is 1.36. The van der Waals surface area contributed by atoms with Gasteiger partial charge in [-0.25, -0.2) is 0 Å². The second kappa shape index (κ2) is 4.63. The van der Waals surface area contributed by atoms with Crippen LogP contribution >= 0.6 is 0 Å². The molecule has 0 N–H and O–H groups in total. The molecular weight excluding hydrogens is 255 g/mol. The number of nitrogens with zero attached hydrogens (tertiary/aromatic N) is 1. The molecule has 0 saturated carbocycles. The Balaban J connectivity index is 3.70. The molecule has 0 spiro atoms. The van der Waals surface area contributed by atoms with Gasteiger partial charge in [0.2, 0.25) is 5.75 Å². The Morgan fingerprint density at radius 3 is 2.28 bits per heavy atom. The number of alkyl halides is 3. The highest BCUT2D eigenvalue weighted by Crippen LogP contribution is 2.42. The molecule has 1 aromatic rings. The van der Waals surface area contributed by atoms with Gasteiger partial charge < -0.3 is 4.74 Å². The molecule has 0 amide bonds. The molecule has 0 bridgehead atoms. The van der Waals surface area contributed by atoms with E-state index < -0.39 is 33.9 Å². The lowest BCUT2D eigenvalue weighted by molar-refractivity contribution is -0.389. The highest BCUT2D eigenvalue weighted by atomic mass is 19.4. The largest absolute Gasteiger partial charge is 0.490 e. The monoisotopic (exact) mass is 263 g/mol. The van der Waals surface area contributed by atoms with Gasteiger partial charge in [-0.05, 0) is 19.1 Å². The fourth-order valence-corrected chi connectivity index (χ4v) is 1.47. The van der Waals surface area contributed by atoms with Crippen molar-refractivity contribution in [2.45, 2.75) is 13.1 Å². The molecule has 98 valence electrons. The maximum Gasteiger partial charge on any atom is 0.423 e. The van der Waals surface area contributed by atoms with Crippen LogP contribution < -0.4 is 4.74 Å². The molecule has 0 atom stereocenters. The Labute approximate surface area is 99.3 Å². The Morgan fingerprint density at radius 1 is 1.39 bits per heavy atom. The van der Waals surface area contributed by atoms with E-state index in [1.807, 2.05) is 0 Å². The van der Waals surface area contributed by atoms with E-state index in [0.29, 0.717) is 6.07 Å². The first-order valence-corrected chi connectivity index (χ1v) is 4.63. The van der Waals surface area contributed by atoms with Gasteiger partial charge in [0.25, 0.3) is 0 Å². The molecular formula is C10H8F3NO4. The van der Waals surface area contributed by atoms with Crippen molar-refractivity contribution in [2.24, 2.45) is 0 Å². The number of benzene rings is 1. The third-order valence-electron chi connectivity index (χ3n) is 2.20. The number of carbonyl (C=O) groups excluding carboxylic acids is 1. The molecule has 0 aliphatic carbocycles. The number of hydrogen-bond donors (Lipinski definition) is 0. The number of ether oxygens (including phenoxy) is 1. The Hall–Kier alpha value is -2.12. The summed E-state index contributed by atoms with van der Waals surface area (Å²) in [5.41, 5.74) is -2.97. The van der Waals surface area contributed by atoms with E-state index in [1.165, 1.54) is 0 Å². The number of Topliss-reactive ketones (excluding diaryl/α,β-unsaturated/α-hetero) is 1. The zero-order chi connectivity index (χ0) is 14.1. The smallest absolute Gasteiger partial charge is 0.423 e. The second-order valence-electron chi connectivity index (χ2n) is 3.35. The maximum absolute atomic E-state index is 12.6. The van der Waals surface area contributed by atoms with Crippen LogP contribution in [0.25, 0.3) is 0 Å². The van der Waals surface area contributed by atoms with Crippen molar-refractivity contribution in [1.82, 2.24) is 0 Å². The van der Waals surface area contributed by atoms with Gasteiger partial charge in [-0.3, -0.25) is 14.9 Å². The summed E-state index contributed by atoms with van der Waals surface area (Å²) in [6.07, 6.45) is -4.90. The summed E-state index contributed by atoms with van der Waals surface area (Å²) in [5.74, 6) is -1.30. The van der Waals surface area contributed by atoms with E-state index in [0.717, 1.165) is 20.1 Å². The van der Waals surface area contributed by atoms with Crippen LogP contribution in [0.1, 0.15) is 22.8 Å². The third-order valence-corrected chi connectivity index (χ3v) is 2.20. The first-order valence-electron chi connectivity index (χ1n) is 4.63. The molecule has 18 heavy (non-hydrogen) atoms. The van der Waals surface area contributed by atoms with E-state index in [4.69, 9.17) is 0 Å². The van der Waals surface area contributed by atoms with E-state index in [-0.39, 0.29) is 5.56 Å². The van der Waals surface area contributed by atoms with Gasteiger partial charge in [0.1, 0.15) is 5.56 Å². The van der Waals surface area contributed by atoms with Gasteiger partial charge in [0, 0.05) is 0 Å². The third kappa shape index (κ3) is 2.41. The molecule has 0 aliphatic heterocycles.